The summed E-state index contributed by atoms with van der Waals surface area (Å²) in [7, 11) is 0. The largest absolute Gasteiger partial charge is 0.324 e. The number of nitrogens with zero attached hydrogens (tertiary/aromatic N) is 1. The molecular weight excluding hydrogens is 434 g/mol. The van der Waals surface area contributed by atoms with Gasteiger partial charge < -0.3 is 4.48 Å². The van der Waals surface area contributed by atoms with Crippen molar-refractivity contribution in [3.05, 3.63) is 0 Å². The second-order valence-electron chi connectivity index (χ2n) is 12.4. The third kappa shape index (κ3) is 24.3. The van der Waals surface area contributed by atoms with E-state index in [9.17, 15) is 0 Å². The van der Waals surface area contributed by atoms with Crippen LogP contribution in [0.25, 0.3) is 0 Å². The minimum atomic E-state index is 1.36. The van der Waals surface area contributed by atoms with Crippen LogP contribution in [0, 0.1) is 0 Å². The summed E-state index contributed by atoms with van der Waals surface area (Å²) in [4.78, 5) is 0. The van der Waals surface area contributed by atoms with E-state index in [2.05, 4.69) is 27.7 Å². The molecule has 218 valence electrons. The highest BCUT2D eigenvalue weighted by atomic mass is 15.3. The lowest BCUT2D eigenvalue weighted by molar-refractivity contribution is -0.929. The van der Waals surface area contributed by atoms with E-state index >= 15 is 0 Å². The number of unbranched alkanes of at least 4 members (excludes halogenated alkanes) is 23. The van der Waals surface area contributed by atoms with Gasteiger partial charge in [0.05, 0.1) is 26.2 Å². The van der Waals surface area contributed by atoms with E-state index < -0.39 is 0 Å². The van der Waals surface area contributed by atoms with Gasteiger partial charge in [0.25, 0.3) is 0 Å². The lowest BCUT2D eigenvalue weighted by Gasteiger charge is -2.39. The Hall–Kier alpha value is -0.0400. The molecule has 0 aromatic rings. The maximum Gasteiger partial charge on any atom is 0.0786 e. The summed E-state index contributed by atoms with van der Waals surface area (Å²) in [5.74, 6) is 0. The van der Waals surface area contributed by atoms with Gasteiger partial charge in [-0.25, -0.2) is 0 Å². The van der Waals surface area contributed by atoms with Crippen molar-refractivity contribution in [2.45, 2.75) is 201 Å². The van der Waals surface area contributed by atoms with Crippen molar-refractivity contribution in [3.63, 3.8) is 0 Å². The molecule has 0 atom stereocenters. The second-order valence-corrected chi connectivity index (χ2v) is 12.4. The predicted octanol–water partition coefficient (Wildman–Crippen LogP) is 12.4. The first-order chi connectivity index (χ1) is 17.7. The molecule has 0 bridgehead atoms. The first-order valence-corrected chi connectivity index (χ1v) is 17.6. The Morgan fingerprint density at radius 1 is 0.222 bits per heavy atom. The van der Waals surface area contributed by atoms with E-state index in [-0.39, 0.29) is 0 Å². The standard InChI is InChI=1S/C35H74N/c1-5-9-13-14-15-16-17-18-19-20-21-22-23-24-25-26-27-31-35-36(32-28-10-6-2,33-29-11-7-3)34-30-12-8-4/h5-35H2,1-4H3/q+1. The lowest BCUT2D eigenvalue weighted by Crippen LogP contribution is -2.50. The van der Waals surface area contributed by atoms with E-state index in [1.54, 1.807) is 0 Å². The Morgan fingerprint density at radius 3 is 0.639 bits per heavy atom. The van der Waals surface area contributed by atoms with Gasteiger partial charge >= 0.3 is 0 Å². The van der Waals surface area contributed by atoms with Gasteiger partial charge in [-0.3, -0.25) is 0 Å². The van der Waals surface area contributed by atoms with Gasteiger partial charge in [0.15, 0.2) is 0 Å². The molecule has 0 aromatic heterocycles. The van der Waals surface area contributed by atoms with Crippen molar-refractivity contribution in [2.24, 2.45) is 0 Å². The van der Waals surface area contributed by atoms with Crippen molar-refractivity contribution >= 4 is 0 Å². The van der Waals surface area contributed by atoms with Crippen LogP contribution in [0.3, 0.4) is 0 Å². The zero-order valence-electron chi connectivity index (χ0n) is 26.4. The molecule has 0 heterocycles. The van der Waals surface area contributed by atoms with Crippen molar-refractivity contribution in [1.82, 2.24) is 0 Å². The van der Waals surface area contributed by atoms with Crippen LogP contribution in [-0.2, 0) is 0 Å². The van der Waals surface area contributed by atoms with Gasteiger partial charge in [-0.2, -0.15) is 0 Å². The molecule has 0 saturated carbocycles. The monoisotopic (exact) mass is 509 g/mol. The van der Waals surface area contributed by atoms with Crippen molar-refractivity contribution in [3.8, 4) is 0 Å². The number of quaternary nitrogens is 1. The van der Waals surface area contributed by atoms with E-state index in [1.165, 1.54) is 204 Å². The third-order valence-corrected chi connectivity index (χ3v) is 8.69. The van der Waals surface area contributed by atoms with Gasteiger partial charge in [0.1, 0.15) is 0 Å². The molecule has 0 aliphatic rings. The summed E-state index contributed by atoms with van der Waals surface area (Å²) < 4.78 is 1.46. The molecule has 0 aliphatic heterocycles. The number of hydrogen-bond acceptors (Lipinski definition) is 0. The molecule has 1 nitrogen and oxygen atoms in total. The molecule has 1 heteroatoms. The fourth-order valence-corrected chi connectivity index (χ4v) is 6.11. The highest BCUT2D eigenvalue weighted by Gasteiger charge is 2.25. The summed E-state index contributed by atoms with van der Waals surface area (Å²) in [5.41, 5.74) is 0. The van der Waals surface area contributed by atoms with Crippen molar-refractivity contribution in [2.75, 3.05) is 26.2 Å². The highest BCUT2D eigenvalue weighted by Crippen LogP contribution is 2.20. The summed E-state index contributed by atoms with van der Waals surface area (Å²) in [5, 5.41) is 0. The lowest BCUT2D eigenvalue weighted by atomic mass is 10.0. The maximum absolute atomic E-state index is 2.36. The minimum absolute atomic E-state index is 1.36. The Balaban J connectivity index is 3.85. The maximum atomic E-state index is 2.36. The Kier molecular flexibility index (Phi) is 29.5. The van der Waals surface area contributed by atoms with Crippen LogP contribution in [0.4, 0.5) is 0 Å². The molecule has 0 N–H and O–H groups in total. The van der Waals surface area contributed by atoms with Crippen LogP contribution in [-0.4, -0.2) is 30.7 Å². The van der Waals surface area contributed by atoms with E-state index in [1.807, 2.05) is 0 Å². The fourth-order valence-electron chi connectivity index (χ4n) is 6.11. The molecular formula is C35H74N+. The fraction of sp³-hybridized carbons (Fsp3) is 1.00. The molecule has 0 unspecified atom stereocenters. The van der Waals surface area contributed by atoms with Crippen LogP contribution in [0.1, 0.15) is 201 Å². The molecule has 0 aromatic carbocycles. The van der Waals surface area contributed by atoms with Gasteiger partial charge in [-0.1, -0.05) is 150 Å². The van der Waals surface area contributed by atoms with Crippen molar-refractivity contribution in [1.29, 1.82) is 0 Å². The summed E-state index contributed by atoms with van der Waals surface area (Å²) in [6, 6.07) is 0. The summed E-state index contributed by atoms with van der Waals surface area (Å²) >= 11 is 0. The quantitative estimate of drug-likeness (QED) is 0.0645. The zero-order chi connectivity index (χ0) is 26.4. The average Bonchev–Trinajstić information content (AvgIpc) is 2.88. The Bertz CT molecular complexity index is 364. The first-order valence-electron chi connectivity index (χ1n) is 17.6. The molecule has 0 radical (unpaired) electrons. The number of rotatable bonds is 31. The second kappa shape index (κ2) is 29.5. The molecule has 36 heavy (non-hydrogen) atoms. The molecule has 0 spiro atoms. The van der Waals surface area contributed by atoms with Crippen LogP contribution in [0.15, 0.2) is 0 Å². The summed E-state index contributed by atoms with van der Waals surface area (Å²) in [6.07, 6.45) is 39.3. The van der Waals surface area contributed by atoms with Crippen LogP contribution >= 0.6 is 0 Å². The molecule has 0 fully saturated rings. The van der Waals surface area contributed by atoms with Crippen molar-refractivity contribution < 1.29 is 4.48 Å². The topological polar surface area (TPSA) is 0 Å². The molecule has 0 saturated heterocycles. The minimum Gasteiger partial charge on any atom is -0.324 e. The Morgan fingerprint density at radius 2 is 0.389 bits per heavy atom. The highest BCUT2D eigenvalue weighted by molar-refractivity contribution is 4.54. The smallest absolute Gasteiger partial charge is 0.0786 e. The van der Waals surface area contributed by atoms with Gasteiger partial charge in [-0.15, -0.1) is 0 Å². The summed E-state index contributed by atoms with van der Waals surface area (Å²) in [6.45, 7) is 15.2. The molecule has 0 aliphatic carbocycles. The first kappa shape index (κ1) is 36.0. The molecule has 0 amide bonds. The van der Waals surface area contributed by atoms with E-state index in [0.29, 0.717) is 0 Å². The zero-order valence-corrected chi connectivity index (χ0v) is 26.4. The SMILES string of the molecule is CCCCCCCCCCCCCCCCCCCC[N+](CCCCC)(CCCCC)CCCCC. The van der Waals surface area contributed by atoms with E-state index in [4.69, 9.17) is 0 Å². The van der Waals surface area contributed by atoms with E-state index in [0.717, 1.165) is 0 Å². The number of hydrogen-bond donors (Lipinski definition) is 0. The van der Waals surface area contributed by atoms with Crippen LogP contribution in [0.5, 0.6) is 0 Å². The van der Waals surface area contributed by atoms with Gasteiger partial charge in [0.2, 0.25) is 0 Å². The predicted molar refractivity (Wildman–Crippen MR) is 167 cm³/mol. The van der Waals surface area contributed by atoms with Gasteiger partial charge in [-0.05, 0) is 51.4 Å². The Labute approximate surface area is 231 Å². The van der Waals surface area contributed by atoms with Gasteiger partial charge in [0, 0.05) is 0 Å². The average molecular weight is 509 g/mol. The molecule has 0 rings (SSSR count). The third-order valence-electron chi connectivity index (χ3n) is 8.69. The van der Waals surface area contributed by atoms with Crippen LogP contribution in [0.2, 0.25) is 0 Å². The normalized spacial score (nSPS) is 12.0. The van der Waals surface area contributed by atoms with Crippen LogP contribution < -0.4 is 0 Å².